The Morgan fingerprint density at radius 1 is 1.36 bits per heavy atom. The molecule has 0 heterocycles. The van der Waals surface area contributed by atoms with Crippen molar-refractivity contribution in [3.05, 3.63) is 36.6 Å². The normalized spacial score (nSPS) is 10.7. The molecule has 0 N–H and O–H groups in total. The van der Waals surface area contributed by atoms with Gasteiger partial charge in [0, 0.05) is 0 Å². The van der Waals surface area contributed by atoms with Gasteiger partial charge in [0.15, 0.2) is 0 Å². The van der Waals surface area contributed by atoms with Gasteiger partial charge in [0.05, 0.1) is 6.61 Å². The molecule has 0 aliphatic rings. The molecule has 0 bridgehead atoms. The lowest BCUT2D eigenvalue weighted by Gasteiger charge is -2.03. The zero-order valence-corrected chi connectivity index (χ0v) is 10.0. The lowest BCUT2D eigenvalue weighted by Crippen LogP contribution is -1.91. The third-order valence-corrected chi connectivity index (χ3v) is 1.42. The largest absolute Gasteiger partial charge is 0.494 e. The van der Waals surface area contributed by atoms with Gasteiger partial charge < -0.3 is 4.74 Å². The minimum absolute atomic E-state index is 0.784. The van der Waals surface area contributed by atoms with E-state index in [1.54, 1.807) is 6.08 Å². The first-order valence-corrected chi connectivity index (χ1v) is 5.43. The van der Waals surface area contributed by atoms with Gasteiger partial charge in [0.25, 0.3) is 0 Å². The third-order valence-electron chi connectivity index (χ3n) is 1.42. The van der Waals surface area contributed by atoms with Crippen LogP contribution in [0.5, 0.6) is 0 Å². The monoisotopic (exact) mass is 196 g/mol. The first kappa shape index (κ1) is 15.5. The van der Waals surface area contributed by atoms with Crippen molar-refractivity contribution in [2.45, 2.75) is 40.5 Å². The summed E-state index contributed by atoms with van der Waals surface area (Å²) in [7, 11) is 0. The summed E-state index contributed by atoms with van der Waals surface area (Å²) in [6.07, 6.45) is 9.82. The zero-order chi connectivity index (χ0) is 11.2. The van der Waals surface area contributed by atoms with Crippen molar-refractivity contribution in [1.82, 2.24) is 0 Å². The molecule has 1 nitrogen and oxygen atoms in total. The number of rotatable bonds is 6. The fourth-order valence-corrected chi connectivity index (χ4v) is 0.701. The van der Waals surface area contributed by atoms with Crippen LogP contribution >= 0.6 is 0 Å². The molecule has 0 aromatic heterocycles. The Morgan fingerprint density at radius 3 is 2.43 bits per heavy atom. The van der Waals surface area contributed by atoms with E-state index in [0.29, 0.717) is 0 Å². The van der Waals surface area contributed by atoms with Crippen LogP contribution in [0.3, 0.4) is 0 Å². The molecule has 0 aliphatic heterocycles. The molecule has 1 heteroatoms. The molecule has 0 radical (unpaired) electrons. The number of ether oxygens (including phenoxy) is 1. The quantitative estimate of drug-likeness (QED) is 0.346. The smallest absolute Gasteiger partial charge is 0.118 e. The maximum absolute atomic E-state index is 5.43. The van der Waals surface area contributed by atoms with E-state index in [-0.39, 0.29) is 0 Å². The van der Waals surface area contributed by atoms with Gasteiger partial charge in [-0.25, -0.2) is 0 Å². The van der Waals surface area contributed by atoms with Gasteiger partial charge in [0.1, 0.15) is 5.76 Å². The van der Waals surface area contributed by atoms with E-state index in [1.165, 1.54) is 0 Å². The van der Waals surface area contributed by atoms with Crippen LogP contribution in [0.1, 0.15) is 40.5 Å². The van der Waals surface area contributed by atoms with Gasteiger partial charge in [0.2, 0.25) is 0 Å². The van der Waals surface area contributed by atoms with Crippen molar-refractivity contribution < 1.29 is 4.74 Å². The standard InChI is InChI=1S/C11H18O.C2H6/c1-4-7-9-11(6-3)12-10-8-5-2;1-2/h4,6-7,9H,3,5,8,10H2,1-2H3;1-2H3/b7-4-,11-9+;. The second-order valence-corrected chi connectivity index (χ2v) is 2.50. The predicted octanol–water partition coefficient (Wildman–Crippen LogP) is 4.48. The molecular weight excluding hydrogens is 172 g/mol. The van der Waals surface area contributed by atoms with E-state index in [4.69, 9.17) is 4.74 Å². The Morgan fingerprint density at radius 2 is 2.00 bits per heavy atom. The minimum atomic E-state index is 0.784. The van der Waals surface area contributed by atoms with Crippen molar-refractivity contribution >= 4 is 0 Å². The summed E-state index contributed by atoms with van der Waals surface area (Å²) in [6.45, 7) is 12.6. The second kappa shape index (κ2) is 14.5. The van der Waals surface area contributed by atoms with Gasteiger partial charge in [-0.1, -0.05) is 45.9 Å². The summed E-state index contributed by atoms with van der Waals surface area (Å²) in [4.78, 5) is 0. The molecule has 0 saturated heterocycles. The summed E-state index contributed by atoms with van der Waals surface area (Å²) in [5.74, 6) is 0.849. The molecule has 0 saturated carbocycles. The summed E-state index contributed by atoms with van der Waals surface area (Å²) in [6, 6.07) is 0. The summed E-state index contributed by atoms with van der Waals surface area (Å²) in [5, 5.41) is 0. The summed E-state index contributed by atoms with van der Waals surface area (Å²) < 4.78 is 5.43. The Kier molecular flexibility index (Phi) is 16.1. The maximum atomic E-state index is 5.43. The van der Waals surface area contributed by atoms with E-state index in [9.17, 15) is 0 Å². The van der Waals surface area contributed by atoms with Crippen molar-refractivity contribution in [2.75, 3.05) is 6.61 Å². The van der Waals surface area contributed by atoms with Crippen LogP contribution in [-0.2, 0) is 4.74 Å². The number of allylic oxidation sites excluding steroid dienone is 4. The lowest BCUT2D eigenvalue weighted by atomic mass is 10.3. The van der Waals surface area contributed by atoms with Crippen LogP contribution in [0.25, 0.3) is 0 Å². The molecule has 0 atom stereocenters. The van der Waals surface area contributed by atoms with Gasteiger partial charge in [-0.3, -0.25) is 0 Å². The summed E-state index contributed by atoms with van der Waals surface area (Å²) in [5.41, 5.74) is 0. The van der Waals surface area contributed by atoms with Crippen molar-refractivity contribution in [1.29, 1.82) is 0 Å². The highest BCUT2D eigenvalue weighted by Crippen LogP contribution is 2.00. The van der Waals surface area contributed by atoms with Crippen molar-refractivity contribution in [2.24, 2.45) is 0 Å². The highest BCUT2D eigenvalue weighted by Gasteiger charge is 1.88. The topological polar surface area (TPSA) is 9.23 Å². The average molecular weight is 196 g/mol. The molecular formula is C13H24O. The van der Waals surface area contributed by atoms with Crippen LogP contribution in [0, 0.1) is 0 Å². The van der Waals surface area contributed by atoms with Gasteiger partial charge in [-0.15, -0.1) is 0 Å². The highest BCUT2D eigenvalue weighted by atomic mass is 16.5. The molecule has 0 aromatic rings. The lowest BCUT2D eigenvalue weighted by molar-refractivity contribution is 0.219. The average Bonchev–Trinajstić information content (AvgIpc) is 2.26. The molecule has 0 aliphatic carbocycles. The highest BCUT2D eigenvalue weighted by molar-refractivity contribution is 5.15. The molecule has 82 valence electrons. The number of unbranched alkanes of at least 4 members (excludes halogenated alkanes) is 1. The number of hydrogen-bond donors (Lipinski definition) is 0. The second-order valence-electron chi connectivity index (χ2n) is 2.50. The Balaban J connectivity index is 0. The van der Waals surface area contributed by atoms with E-state index >= 15 is 0 Å². The van der Waals surface area contributed by atoms with Gasteiger partial charge in [-0.2, -0.15) is 0 Å². The van der Waals surface area contributed by atoms with Crippen LogP contribution in [0.2, 0.25) is 0 Å². The third kappa shape index (κ3) is 11.0. The van der Waals surface area contributed by atoms with E-state index in [1.807, 2.05) is 39.0 Å². The van der Waals surface area contributed by atoms with Crippen molar-refractivity contribution in [3.8, 4) is 0 Å². The maximum Gasteiger partial charge on any atom is 0.118 e. The molecule has 14 heavy (non-hydrogen) atoms. The Bertz CT molecular complexity index is 166. The number of hydrogen-bond acceptors (Lipinski definition) is 1. The first-order valence-electron chi connectivity index (χ1n) is 5.43. The summed E-state index contributed by atoms with van der Waals surface area (Å²) >= 11 is 0. The molecule has 0 rings (SSSR count). The van der Waals surface area contributed by atoms with Crippen LogP contribution in [0.15, 0.2) is 36.6 Å². The van der Waals surface area contributed by atoms with Gasteiger partial charge in [-0.05, 0) is 25.5 Å². The Hall–Kier alpha value is -0.980. The molecule has 0 aromatic carbocycles. The first-order chi connectivity index (χ1) is 6.85. The van der Waals surface area contributed by atoms with E-state index in [2.05, 4.69) is 13.5 Å². The fourth-order valence-electron chi connectivity index (χ4n) is 0.701. The van der Waals surface area contributed by atoms with E-state index in [0.717, 1.165) is 25.2 Å². The molecule has 0 fully saturated rings. The van der Waals surface area contributed by atoms with Crippen LogP contribution < -0.4 is 0 Å². The minimum Gasteiger partial charge on any atom is -0.494 e. The zero-order valence-electron chi connectivity index (χ0n) is 10.0. The molecule has 0 amide bonds. The van der Waals surface area contributed by atoms with Crippen molar-refractivity contribution in [3.63, 3.8) is 0 Å². The molecule has 0 unspecified atom stereocenters. The van der Waals surface area contributed by atoms with Crippen LogP contribution in [-0.4, -0.2) is 6.61 Å². The predicted molar refractivity (Wildman–Crippen MR) is 65.3 cm³/mol. The fraction of sp³-hybridized carbons (Fsp3) is 0.538. The Labute approximate surface area is 89.2 Å². The molecule has 0 spiro atoms. The van der Waals surface area contributed by atoms with Crippen LogP contribution in [0.4, 0.5) is 0 Å². The van der Waals surface area contributed by atoms with Gasteiger partial charge >= 0.3 is 0 Å². The van der Waals surface area contributed by atoms with E-state index < -0.39 is 0 Å². The SMILES string of the molecule is C=C/C(=C\C=C/C)OCCCC.CC.